The van der Waals surface area contributed by atoms with Crippen LogP contribution in [0.5, 0.6) is 11.5 Å². The summed E-state index contributed by atoms with van der Waals surface area (Å²) in [5.41, 5.74) is 6.55. The maximum atomic E-state index is 12.0. The highest BCUT2D eigenvalue weighted by molar-refractivity contribution is 5.95. The first-order valence-electron chi connectivity index (χ1n) is 16.8. The summed E-state index contributed by atoms with van der Waals surface area (Å²) in [6, 6.07) is 10.2. The molecule has 0 amide bonds. The zero-order valence-electron chi connectivity index (χ0n) is 29.8. The molecular weight excluding hydrogens is 626 g/mol. The molecule has 0 bridgehead atoms. The first-order valence-corrected chi connectivity index (χ1v) is 16.8. The van der Waals surface area contributed by atoms with Crippen LogP contribution < -0.4 is 24.2 Å². The van der Waals surface area contributed by atoms with Crippen molar-refractivity contribution in [3.8, 4) is 11.5 Å². The Labute approximate surface area is 289 Å². The van der Waals surface area contributed by atoms with Crippen molar-refractivity contribution in [2.75, 3.05) is 82.9 Å². The highest BCUT2D eigenvalue weighted by Crippen LogP contribution is 2.49. The number of allylic oxidation sites excluding steroid dienone is 3. The van der Waals surface area contributed by atoms with Crippen LogP contribution >= 0.6 is 0 Å². The molecule has 11 heteroatoms. The van der Waals surface area contributed by atoms with Crippen LogP contribution in [0.2, 0.25) is 0 Å². The molecule has 0 N–H and O–H groups in total. The SMILES string of the molecule is CCOC(=O)CCCN(CC)c1cc(OC)c(C2=C3C=CCC=C3Oc3cc(N(CCC(=O)OC)CCC(=O)OC)ccc32)cc1N(C)C. The van der Waals surface area contributed by atoms with Crippen molar-refractivity contribution in [3.05, 3.63) is 71.0 Å². The summed E-state index contributed by atoms with van der Waals surface area (Å²) in [6.45, 7) is 6.44. The number of carbonyl (C=O) groups excluding carboxylic acids is 3. The minimum Gasteiger partial charge on any atom is -0.496 e. The Hall–Kier alpha value is -4.93. The highest BCUT2D eigenvalue weighted by Gasteiger charge is 2.30. The fourth-order valence-corrected chi connectivity index (χ4v) is 6.06. The maximum absolute atomic E-state index is 12.0. The monoisotopic (exact) mass is 675 g/mol. The number of esters is 3. The summed E-state index contributed by atoms with van der Waals surface area (Å²) in [5.74, 6) is 1.27. The molecule has 0 saturated carbocycles. The first kappa shape index (κ1) is 36.9. The second kappa shape index (κ2) is 17.5. The molecule has 0 atom stereocenters. The molecule has 49 heavy (non-hydrogen) atoms. The average molecular weight is 676 g/mol. The van der Waals surface area contributed by atoms with E-state index in [0.29, 0.717) is 50.6 Å². The first-order chi connectivity index (χ1) is 23.6. The molecule has 2 aromatic rings. The number of methoxy groups -OCH3 is 3. The molecule has 1 aliphatic heterocycles. The van der Waals surface area contributed by atoms with Gasteiger partial charge in [0.25, 0.3) is 0 Å². The molecule has 0 aromatic heterocycles. The van der Waals surface area contributed by atoms with E-state index in [-0.39, 0.29) is 30.7 Å². The van der Waals surface area contributed by atoms with E-state index in [0.717, 1.165) is 58.1 Å². The lowest BCUT2D eigenvalue weighted by Crippen LogP contribution is -2.29. The Balaban J connectivity index is 1.79. The summed E-state index contributed by atoms with van der Waals surface area (Å²) in [4.78, 5) is 42.4. The van der Waals surface area contributed by atoms with Crippen molar-refractivity contribution in [1.82, 2.24) is 0 Å². The van der Waals surface area contributed by atoms with Gasteiger partial charge >= 0.3 is 17.9 Å². The Bertz CT molecular complexity index is 1590. The van der Waals surface area contributed by atoms with Gasteiger partial charge in [-0.1, -0.05) is 12.2 Å². The van der Waals surface area contributed by atoms with Gasteiger partial charge in [0.15, 0.2) is 0 Å². The molecule has 11 nitrogen and oxygen atoms in total. The third-order valence-electron chi connectivity index (χ3n) is 8.59. The predicted molar refractivity (Wildman–Crippen MR) is 191 cm³/mol. The Morgan fingerprint density at radius 1 is 0.816 bits per heavy atom. The topological polar surface area (TPSA) is 107 Å². The fraction of sp³-hybridized carbons (Fsp3) is 0.447. The molecule has 1 heterocycles. The summed E-state index contributed by atoms with van der Waals surface area (Å²) in [5, 5.41) is 0. The van der Waals surface area contributed by atoms with Crippen molar-refractivity contribution < 1.29 is 38.1 Å². The van der Waals surface area contributed by atoms with E-state index >= 15 is 0 Å². The van der Waals surface area contributed by atoms with Crippen LogP contribution in [0.3, 0.4) is 0 Å². The normalized spacial score (nSPS) is 13.0. The van der Waals surface area contributed by atoms with Gasteiger partial charge < -0.3 is 38.4 Å². The predicted octanol–water partition coefficient (Wildman–Crippen LogP) is 5.90. The van der Waals surface area contributed by atoms with Gasteiger partial charge in [0.05, 0.1) is 52.2 Å². The fourth-order valence-electron chi connectivity index (χ4n) is 6.06. The number of anilines is 3. The van der Waals surface area contributed by atoms with E-state index in [4.69, 9.17) is 23.7 Å². The molecule has 0 saturated heterocycles. The number of hydrogen-bond acceptors (Lipinski definition) is 11. The van der Waals surface area contributed by atoms with Crippen molar-refractivity contribution in [3.63, 3.8) is 0 Å². The molecule has 4 rings (SSSR count). The highest BCUT2D eigenvalue weighted by atomic mass is 16.5. The molecule has 2 aliphatic rings. The molecule has 0 fully saturated rings. The van der Waals surface area contributed by atoms with Gasteiger partial charge in [0.1, 0.15) is 17.3 Å². The van der Waals surface area contributed by atoms with Crippen LogP contribution in [0.15, 0.2) is 59.9 Å². The average Bonchev–Trinajstić information content (AvgIpc) is 3.11. The van der Waals surface area contributed by atoms with Gasteiger partial charge in [-0.15, -0.1) is 0 Å². The van der Waals surface area contributed by atoms with E-state index in [1.807, 2.05) is 44.1 Å². The van der Waals surface area contributed by atoms with Crippen LogP contribution in [0, 0.1) is 0 Å². The van der Waals surface area contributed by atoms with Gasteiger partial charge in [-0.25, -0.2) is 0 Å². The van der Waals surface area contributed by atoms with E-state index in [9.17, 15) is 14.4 Å². The molecule has 0 unspecified atom stereocenters. The number of nitrogens with zero attached hydrogens (tertiary/aromatic N) is 3. The van der Waals surface area contributed by atoms with E-state index in [2.05, 4.69) is 47.1 Å². The number of benzene rings is 2. The number of ether oxygens (including phenoxy) is 5. The van der Waals surface area contributed by atoms with E-state index in [1.165, 1.54) is 14.2 Å². The van der Waals surface area contributed by atoms with Crippen LogP contribution in [-0.4, -0.2) is 86.1 Å². The van der Waals surface area contributed by atoms with Gasteiger partial charge in [0, 0.05) is 86.8 Å². The zero-order chi connectivity index (χ0) is 35.5. The quantitative estimate of drug-likeness (QED) is 0.148. The minimum absolute atomic E-state index is 0.162. The smallest absolute Gasteiger partial charge is 0.307 e. The summed E-state index contributed by atoms with van der Waals surface area (Å²) in [7, 11) is 8.44. The Morgan fingerprint density at radius 3 is 2.14 bits per heavy atom. The molecule has 1 aliphatic carbocycles. The van der Waals surface area contributed by atoms with Crippen molar-refractivity contribution in [2.24, 2.45) is 0 Å². The van der Waals surface area contributed by atoms with Gasteiger partial charge in [-0.2, -0.15) is 0 Å². The summed E-state index contributed by atoms with van der Waals surface area (Å²) in [6.07, 6.45) is 8.35. The molecular formula is C38H49N3O8. The minimum atomic E-state index is -0.334. The maximum Gasteiger partial charge on any atom is 0.307 e. The number of hydrogen-bond donors (Lipinski definition) is 0. The number of carbonyl (C=O) groups is 3. The van der Waals surface area contributed by atoms with Crippen molar-refractivity contribution >= 4 is 40.5 Å². The second-order valence-corrected chi connectivity index (χ2v) is 11.8. The summed E-state index contributed by atoms with van der Waals surface area (Å²) < 4.78 is 27.5. The van der Waals surface area contributed by atoms with Gasteiger partial charge in [-0.05, 0) is 51.0 Å². The third kappa shape index (κ3) is 8.95. The number of rotatable bonds is 17. The third-order valence-corrected chi connectivity index (χ3v) is 8.59. The van der Waals surface area contributed by atoms with Crippen LogP contribution in [0.25, 0.3) is 5.57 Å². The Kier molecular flexibility index (Phi) is 13.1. The Morgan fingerprint density at radius 2 is 1.53 bits per heavy atom. The molecule has 264 valence electrons. The van der Waals surface area contributed by atoms with E-state index in [1.54, 1.807) is 7.11 Å². The van der Waals surface area contributed by atoms with Crippen molar-refractivity contribution in [2.45, 2.75) is 46.0 Å². The van der Waals surface area contributed by atoms with Gasteiger partial charge in [-0.3, -0.25) is 14.4 Å². The standard InChI is InChI=1S/C38H49N3O8/c1-8-40(20-12-15-37(44)48-9-2)31-25-33(45-5)29(24-30(31)39(3)4)38-27-13-10-11-14-32(27)49-34-23-26(16-17-28(34)38)41(21-18-35(42)46-6)22-19-36(43)47-7/h10,13-14,16-17,23-25H,8-9,11-12,15,18-22H2,1-7H3. The largest absolute Gasteiger partial charge is 0.496 e. The lowest BCUT2D eigenvalue weighted by Gasteiger charge is -2.32. The number of fused-ring (bicyclic) bond motifs is 2. The van der Waals surface area contributed by atoms with E-state index < -0.39 is 0 Å². The molecule has 0 spiro atoms. The van der Waals surface area contributed by atoms with Crippen LogP contribution in [-0.2, 0) is 28.6 Å². The molecule has 0 radical (unpaired) electrons. The van der Waals surface area contributed by atoms with Crippen LogP contribution in [0.4, 0.5) is 17.1 Å². The zero-order valence-corrected chi connectivity index (χ0v) is 29.8. The summed E-state index contributed by atoms with van der Waals surface area (Å²) >= 11 is 0. The lowest BCUT2D eigenvalue weighted by atomic mass is 9.86. The van der Waals surface area contributed by atoms with Crippen molar-refractivity contribution in [1.29, 1.82) is 0 Å². The molecule has 2 aromatic carbocycles. The van der Waals surface area contributed by atoms with Crippen LogP contribution in [0.1, 0.15) is 57.1 Å². The second-order valence-electron chi connectivity index (χ2n) is 11.8. The lowest BCUT2D eigenvalue weighted by molar-refractivity contribution is -0.143. The van der Waals surface area contributed by atoms with Gasteiger partial charge in [0.2, 0.25) is 0 Å².